The van der Waals surface area contributed by atoms with Crippen LogP contribution in [0.4, 0.5) is 5.69 Å². The SMILES string of the molecule is Nc1ccc(CC(=O)CCc2ccc3c(c2)CCO3)cc1. The molecule has 108 valence electrons. The van der Waals surface area contributed by atoms with Crippen molar-refractivity contribution in [1.29, 1.82) is 0 Å². The molecule has 0 aliphatic carbocycles. The highest BCUT2D eigenvalue weighted by atomic mass is 16.5. The fourth-order valence-corrected chi connectivity index (χ4v) is 2.63. The number of hydrogen-bond donors (Lipinski definition) is 1. The lowest BCUT2D eigenvalue weighted by Crippen LogP contribution is -2.04. The number of ketones is 1. The van der Waals surface area contributed by atoms with Crippen LogP contribution >= 0.6 is 0 Å². The van der Waals surface area contributed by atoms with E-state index in [2.05, 4.69) is 12.1 Å². The van der Waals surface area contributed by atoms with E-state index in [0.29, 0.717) is 12.8 Å². The summed E-state index contributed by atoms with van der Waals surface area (Å²) >= 11 is 0. The molecule has 0 radical (unpaired) electrons. The number of fused-ring (bicyclic) bond motifs is 1. The minimum absolute atomic E-state index is 0.261. The van der Waals surface area contributed by atoms with Gasteiger partial charge < -0.3 is 10.5 Å². The number of nitrogens with two attached hydrogens (primary N) is 1. The average molecular weight is 281 g/mol. The van der Waals surface area contributed by atoms with E-state index < -0.39 is 0 Å². The predicted molar refractivity (Wildman–Crippen MR) is 83.5 cm³/mol. The number of nitrogen functional groups attached to an aromatic ring is 1. The summed E-state index contributed by atoms with van der Waals surface area (Å²) < 4.78 is 5.49. The Morgan fingerprint density at radius 3 is 2.67 bits per heavy atom. The predicted octanol–water partition coefficient (Wildman–Crippen LogP) is 2.95. The van der Waals surface area contributed by atoms with E-state index in [1.165, 1.54) is 11.1 Å². The molecule has 1 aliphatic rings. The van der Waals surface area contributed by atoms with E-state index in [0.717, 1.165) is 36.4 Å². The minimum Gasteiger partial charge on any atom is -0.493 e. The zero-order valence-corrected chi connectivity index (χ0v) is 12.0. The molecule has 0 spiro atoms. The van der Waals surface area contributed by atoms with Crippen molar-refractivity contribution in [2.45, 2.75) is 25.7 Å². The number of anilines is 1. The van der Waals surface area contributed by atoms with Gasteiger partial charge in [-0.1, -0.05) is 24.3 Å². The van der Waals surface area contributed by atoms with Crippen LogP contribution in [0.3, 0.4) is 0 Å². The van der Waals surface area contributed by atoms with Gasteiger partial charge in [-0.05, 0) is 41.3 Å². The topological polar surface area (TPSA) is 52.3 Å². The van der Waals surface area contributed by atoms with Crippen LogP contribution in [0.5, 0.6) is 5.75 Å². The first-order valence-corrected chi connectivity index (χ1v) is 7.31. The zero-order valence-electron chi connectivity index (χ0n) is 12.0. The van der Waals surface area contributed by atoms with Crippen molar-refractivity contribution in [3.05, 3.63) is 59.2 Å². The van der Waals surface area contributed by atoms with Gasteiger partial charge in [0.15, 0.2) is 0 Å². The quantitative estimate of drug-likeness (QED) is 0.857. The van der Waals surface area contributed by atoms with E-state index in [9.17, 15) is 4.79 Å². The first kappa shape index (κ1) is 13.7. The molecule has 0 fully saturated rings. The molecule has 3 nitrogen and oxygen atoms in total. The summed E-state index contributed by atoms with van der Waals surface area (Å²) in [5.41, 5.74) is 9.87. The van der Waals surface area contributed by atoms with Crippen LogP contribution in [0.1, 0.15) is 23.1 Å². The van der Waals surface area contributed by atoms with Gasteiger partial charge in [0.25, 0.3) is 0 Å². The molecule has 3 rings (SSSR count). The van der Waals surface area contributed by atoms with Gasteiger partial charge in [0.1, 0.15) is 11.5 Å². The fourth-order valence-electron chi connectivity index (χ4n) is 2.63. The third-order valence-electron chi connectivity index (χ3n) is 3.83. The van der Waals surface area contributed by atoms with Crippen LogP contribution < -0.4 is 10.5 Å². The molecule has 21 heavy (non-hydrogen) atoms. The van der Waals surface area contributed by atoms with E-state index in [4.69, 9.17) is 10.5 Å². The second-order valence-corrected chi connectivity index (χ2v) is 5.50. The van der Waals surface area contributed by atoms with E-state index in [-0.39, 0.29) is 5.78 Å². The zero-order chi connectivity index (χ0) is 14.7. The second-order valence-electron chi connectivity index (χ2n) is 5.50. The number of aryl methyl sites for hydroxylation is 1. The number of Topliss-reactive ketones (excluding diaryl/α,β-unsaturated/α-hetero) is 1. The van der Waals surface area contributed by atoms with Crippen molar-refractivity contribution < 1.29 is 9.53 Å². The standard InChI is InChI=1S/C18H19NO2/c19-16-5-1-14(2-6-16)12-17(20)7-3-13-4-8-18-15(11-13)9-10-21-18/h1-2,4-6,8,11H,3,7,9-10,12,19H2. The van der Waals surface area contributed by atoms with Gasteiger partial charge in [0.05, 0.1) is 6.61 Å². The summed E-state index contributed by atoms with van der Waals surface area (Å²) in [6.45, 7) is 0.773. The van der Waals surface area contributed by atoms with E-state index in [1.54, 1.807) is 0 Å². The number of carbonyl (C=O) groups is 1. The highest BCUT2D eigenvalue weighted by Gasteiger charge is 2.12. The number of carbonyl (C=O) groups excluding carboxylic acids is 1. The Balaban J connectivity index is 1.55. The number of hydrogen-bond acceptors (Lipinski definition) is 3. The first-order valence-electron chi connectivity index (χ1n) is 7.31. The van der Waals surface area contributed by atoms with Gasteiger partial charge in [-0.2, -0.15) is 0 Å². The molecule has 2 aromatic carbocycles. The van der Waals surface area contributed by atoms with Gasteiger partial charge in [0, 0.05) is 24.9 Å². The molecule has 1 heterocycles. The molecule has 0 atom stereocenters. The summed E-state index contributed by atoms with van der Waals surface area (Å²) in [7, 11) is 0. The maximum Gasteiger partial charge on any atom is 0.137 e. The Bertz CT molecular complexity index is 647. The smallest absolute Gasteiger partial charge is 0.137 e. The van der Waals surface area contributed by atoms with Gasteiger partial charge in [-0.3, -0.25) is 4.79 Å². The molecule has 0 saturated carbocycles. The fraction of sp³-hybridized carbons (Fsp3) is 0.278. The van der Waals surface area contributed by atoms with Crippen LogP contribution in [-0.2, 0) is 24.1 Å². The van der Waals surface area contributed by atoms with Crippen LogP contribution in [0.25, 0.3) is 0 Å². The highest BCUT2D eigenvalue weighted by Crippen LogP contribution is 2.26. The third kappa shape index (κ3) is 3.43. The van der Waals surface area contributed by atoms with Gasteiger partial charge in [-0.25, -0.2) is 0 Å². The van der Waals surface area contributed by atoms with Gasteiger partial charge in [0.2, 0.25) is 0 Å². The lowest BCUT2D eigenvalue weighted by atomic mass is 10.0. The van der Waals surface area contributed by atoms with E-state index in [1.807, 2.05) is 30.3 Å². The normalized spacial score (nSPS) is 12.8. The summed E-state index contributed by atoms with van der Waals surface area (Å²) in [6.07, 6.45) is 2.82. The van der Waals surface area contributed by atoms with Crippen LogP contribution in [0.15, 0.2) is 42.5 Å². The second kappa shape index (κ2) is 6.00. The van der Waals surface area contributed by atoms with Crippen molar-refractivity contribution in [2.24, 2.45) is 0 Å². The Hall–Kier alpha value is -2.29. The third-order valence-corrected chi connectivity index (χ3v) is 3.83. The summed E-state index contributed by atoms with van der Waals surface area (Å²) in [5.74, 6) is 1.25. The Morgan fingerprint density at radius 2 is 1.86 bits per heavy atom. The van der Waals surface area contributed by atoms with Crippen molar-refractivity contribution in [3.63, 3.8) is 0 Å². The first-order chi connectivity index (χ1) is 10.2. The molecule has 0 unspecified atom stereocenters. The lowest BCUT2D eigenvalue weighted by molar-refractivity contribution is -0.118. The van der Waals surface area contributed by atoms with Crippen molar-refractivity contribution >= 4 is 11.5 Å². The summed E-state index contributed by atoms with van der Waals surface area (Å²) in [5, 5.41) is 0. The van der Waals surface area contributed by atoms with Crippen molar-refractivity contribution in [3.8, 4) is 5.75 Å². The molecule has 3 heteroatoms. The van der Waals surface area contributed by atoms with Crippen LogP contribution in [-0.4, -0.2) is 12.4 Å². The number of benzene rings is 2. The Kier molecular flexibility index (Phi) is 3.91. The molecular formula is C18H19NO2. The molecule has 0 saturated heterocycles. The van der Waals surface area contributed by atoms with Crippen molar-refractivity contribution in [2.75, 3.05) is 12.3 Å². The van der Waals surface area contributed by atoms with Gasteiger partial charge in [-0.15, -0.1) is 0 Å². The van der Waals surface area contributed by atoms with E-state index >= 15 is 0 Å². The van der Waals surface area contributed by atoms with Gasteiger partial charge >= 0.3 is 0 Å². The monoisotopic (exact) mass is 281 g/mol. The molecular weight excluding hydrogens is 262 g/mol. The van der Waals surface area contributed by atoms with Crippen LogP contribution in [0.2, 0.25) is 0 Å². The largest absolute Gasteiger partial charge is 0.493 e. The molecule has 0 bridgehead atoms. The molecule has 1 aliphatic heterocycles. The maximum absolute atomic E-state index is 12.0. The highest BCUT2D eigenvalue weighted by molar-refractivity contribution is 5.81. The Morgan fingerprint density at radius 1 is 1.10 bits per heavy atom. The summed E-state index contributed by atoms with van der Waals surface area (Å²) in [4.78, 5) is 12.0. The number of ether oxygens (including phenoxy) is 1. The minimum atomic E-state index is 0.261. The number of rotatable bonds is 5. The van der Waals surface area contributed by atoms with Crippen LogP contribution in [0, 0.1) is 0 Å². The molecule has 0 amide bonds. The Labute approximate surface area is 124 Å². The average Bonchev–Trinajstić information content (AvgIpc) is 2.95. The molecule has 2 N–H and O–H groups in total. The van der Waals surface area contributed by atoms with Crippen molar-refractivity contribution in [1.82, 2.24) is 0 Å². The maximum atomic E-state index is 12.0. The molecule has 2 aromatic rings. The lowest BCUT2D eigenvalue weighted by Gasteiger charge is -2.05. The molecule has 0 aromatic heterocycles. The summed E-state index contributed by atoms with van der Waals surface area (Å²) in [6, 6.07) is 13.7.